The smallest absolute Gasteiger partial charge is 0.263 e. The fraction of sp³-hybridized carbons (Fsp3) is 0.0667. The first-order chi connectivity index (χ1) is 9.99. The first-order valence-corrected chi connectivity index (χ1v) is 7.34. The topological polar surface area (TPSA) is 63.4 Å². The van der Waals surface area contributed by atoms with Crippen LogP contribution in [0.4, 0.5) is 5.69 Å². The van der Waals surface area contributed by atoms with E-state index in [4.69, 9.17) is 17.3 Å². The molecule has 2 amide bonds. The second kappa shape index (κ2) is 5.16. The summed E-state index contributed by atoms with van der Waals surface area (Å²) < 4.78 is 0.832. The molecule has 106 valence electrons. The predicted molar refractivity (Wildman–Crippen MR) is 84.2 cm³/mol. The van der Waals surface area contributed by atoms with Gasteiger partial charge in [0.1, 0.15) is 0 Å². The fourth-order valence-electron chi connectivity index (χ4n) is 2.34. The van der Waals surface area contributed by atoms with Crippen molar-refractivity contribution in [3.05, 3.63) is 62.6 Å². The normalized spacial score (nSPS) is 13.7. The molecule has 2 aromatic carbocycles. The van der Waals surface area contributed by atoms with Gasteiger partial charge in [0.05, 0.1) is 17.7 Å². The summed E-state index contributed by atoms with van der Waals surface area (Å²) in [7, 11) is 0. The van der Waals surface area contributed by atoms with Gasteiger partial charge in [-0.15, -0.1) is 0 Å². The fourth-order valence-corrected chi connectivity index (χ4v) is 2.92. The molecule has 0 aliphatic carbocycles. The van der Waals surface area contributed by atoms with E-state index in [1.54, 1.807) is 36.4 Å². The molecule has 0 atom stereocenters. The largest absolute Gasteiger partial charge is 0.398 e. The highest BCUT2D eigenvalue weighted by molar-refractivity contribution is 9.10. The molecule has 0 bridgehead atoms. The van der Waals surface area contributed by atoms with E-state index in [9.17, 15) is 9.59 Å². The Bertz CT molecular complexity index is 776. The Morgan fingerprint density at radius 2 is 1.90 bits per heavy atom. The Hall–Kier alpha value is -1.85. The van der Waals surface area contributed by atoms with E-state index in [1.807, 2.05) is 0 Å². The van der Waals surface area contributed by atoms with Gasteiger partial charge in [0, 0.05) is 15.2 Å². The van der Waals surface area contributed by atoms with Crippen molar-refractivity contribution in [3.8, 4) is 0 Å². The Labute approximate surface area is 134 Å². The van der Waals surface area contributed by atoms with Crippen LogP contribution in [0.2, 0.25) is 5.02 Å². The van der Waals surface area contributed by atoms with Crippen molar-refractivity contribution in [1.82, 2.24) is 4.90 Å². The molecule has 1 aliphatic rings. The van der Waals surface area contributed by atoms with Crippen LogP contribution < -0.4 is 5.73 Å². The first-order valence-electron chi connectivity index (χ1n) is 6.17. The van der Waals surface area contributed by atoms with Gasteiger partial charge in [0.15, 0.2) is 0 Å². The number of rotatable bonds is 2. The van der Waals surface area contributed by atoms with Crippen molar-refractivity contribution in [2.45, 2.75) is 6.54 Å². The van der Waals surface area contributed by atoms with Crippen LogP contribution >= 0.6 is 27.5 Å². The highest BCUT2D eigenvalue weighted by atomic mass is 79.9. The number of fused-ring (bicyclic) bond motifs is 1. The standard InChI is InChI=1S/C15H10BrClN2O2/c16-9-4-5-11(17)8(6-9)7-19-14(20)10-2-1-3-12(18)13(10)15(19)21/h1-6H,7,18H2. The van der Waals surface area contributed by atoms with E-state index in [0.29, 0.717) is 21.8 Å². The average Bonchev–Trinajstić information content (AvgIpc) is 2.69. The Morgan fingerprint density at radius 3 is 2.62 bits per heavy atom. The van der Waals surface area contributed by atoms with Gasteiger partial charge in [-0.1, -0.05) is 33.6 Å². The van der Waals surface area contributed by atoms with Gasteiger partial charge >= 0.3 is 0 Å². The van der Waals surface area contributed by atoms with E-state index in [0.717, 1.165) is 9.37 Å². The number of carbonyl (C=O) groups is 2. The number of anilines is 1. The van der Waals surface area contributed by atoms with Crippen molar-refractivity contribution < 1.29 is 9.59 Å². The number of carbonyl (C=O) groups excluding carboxylic acids is 2. The molecule has 0 aromatic heterocycles. The maximum Gasteiger partial charge on any atom is 0.263 e. The number of imide groups is 1. The Balaban J connectivity index is 1.99. The highest BCUT2D eigenvalue weighted by Crippen LogP contribution is 2.30. The minimum atomic E-state index is -0.385. The van der Waals surface area contributed by atoms with Crippen LogP contribution in [0.25, 0.3) is 0 Å². The van der Waals surface area contributed by atoms with Crippen LogP contribution in [0.15, 0.2) is 40.9 Å². The zero-order valence-corrected chi connectivity index (χ0v) is 13.1. The van der Waals surface area contributed by atoms with Gasteiger partial charge in [-0.25, -0.2) is 0 Å². The van der Waals surface area contributed by atoms with Crippen LogP contribution in [0.1, 0.15) is 26.3 Å². The molecule has 21 heavy (non-hydrogen) atoms. The maximum atomic E-state index is 12.4. The summed E-state index contributed by atoms with van der Waals surface area (Å²) in [6, 6.07) is 10.2. The molecule has 3 rings (SSSR count). The van der Waals surface area contributed by atoms with Crippen LogP contribution in [0, 0.1) is 0 Å². The van der Waals surface area contributed by atoms with Crippen molar-refractivity contribution in [3.63, 3.8) is 0 Å². The Kier molecular flexibility index (Phi) is 3.47. The monoisotopic (exact) mass is 364 g/mol. The minimum Gasteiger partial charge on any atom is -0.398 e. The van der Waals surface area contributed by atoms with Gasteiger partial charge in [0.25, 0.3) is 11.8 Å². The average molecular weight is 366 g/mol. The third-order valence-electron chi connectivity index (χ3n) is 3.37. The van der Waals surface area contributed by atoms with E-state index in [-0.39, 0.29) is 23.9 Å². The first kappa shape index (κ1) is 14.1. The zero-order chi connectivity index (χ0) is 15.1. The molecular formula is C15H10BrClN2O2. The SMILES string of the molecule is Nc1cccc2c1C(=O)N(Cc1cc(Br)ccc1Cl)C2=O. The van der Waals surface area contributed by atoms with Crippen LogP contribution in [0.3, 0.4) is 0 Å². The molecule has 0 saturated heterocycles. The van der Waals surface area contributed by atoms with Crippen molar-refractivity contribution in [2.75, 3.05) is 5.73 Å². The molecule has 0 radical (unpaired) electrons. The third-order valence-corrected chi connectivity index (χ3v) is 4.23. The molecule has 0 fully saturated rings. The molecular weight excluding hydrogens is 356 g/mol. The third kappa shape index (κ3) is 2.32. The summed E-state index contributed by atoms with van der Waals surface area (Å²) in [5.74, 6) is -0.734. The molecule has 2 aromatic rings. The molecule has 1 heterocycles. The van der Waals surface area contributed by atoms with Gasteiger partial charge in [0.2, 0.25) is 0 Å². The summed E-state index contributed by atoms with van der Waals surface area (Å²) in [5.41, 5.74) is 7.42. The van der Waals surface area contributed by atoms with Gasteiger partial charge in [-0.2, -0.15) is 0 Å². The highest BCUT2D eigenvalue weighted by Gasteiger charge is 2.37. The van der Waals surface area contributed by atoms with Crippen molar-refractivity contribution in [1.29, 1.82) is 0 Å². The molecule has 4 nitrogen and oxygen atoms in total. The lowest BCUT2D eigenvalue weighted by Crippen LogP contribution is -2.29. The second-order valence-electron chi connectivity index (χ2n) is 4.70. The minimum absolute atomic E-state index is 0.115. The predicted octanol–water partition coefficient (Wildman–Crippen LogP) is 3.48. The number of nitrogen functional groups attached to an aromatic ring is 1. The lowest BCUT2D eigenvalue weighted by atomic mass is 10.1. The maximum absolute atomic E-state index is 12.4. The lowest BCUT2D eigenvalue weighted by molar-refractivity contribution is 0.0643. The van der Waals surface area contributed by atoms with E-state index >= 15 is 0 Å². The van der Waals surface area contributed by atoms with Crippen molar-refractivity contribution >= 4 is 45.0 Å². The number of hydrogen-bond acceptors (Lipinski definition) is 3. The van der Waals surface area contributed by atoms with Crippen LogP contribution in [-0.4, -0.2) is 16.7 Å². The number of nitrogens with zero attached hydrogens (tertiary/aromatic N) is 1. The lowest BCUT2D eigenvalue weighted by Gasteiger charge is -2.15. The molecule has 0 saturated carbocycles. The van der Waals surface area contributed by atoms with Crippen LogP contribution in [0.5, 0.6) is 0 Å². The molecule has 6 heteroatoms. The zero-order valence-electron chi connectivity index (χ0n) is 10.8. The number of hydrogen-bond donors (Lipinski definition) is 1. The number of nitrogens with two attached hydrogens (primary N) is 1. The van der Waals surface area contributed by atoms with E-state index in [2.05, 4.69) is 15.9 Å². The van der Waals surface area contributed by atoms with Crippen LogP contribution in [-0.2, 0) is 6.54 Å². The van der Waals surface area contributed by atoms with E-state index < -0.39 is 0 Å². The number of amides is 2. The quantitative estimate of drug-likeness (QED) is 0.654. The van der Waals surface area contributed by atoms with E-state index in [1.165, 1.54) is 0 Å². The summed E-state index contributed by atoms with van der Waals surface area (Å²) >= 11 is 9.47. The Morgan fingerprint density at radius 1 is 1.14 bits per heavy atom. The van der Waals surface area contributed by atoms with Gasteiger partial charge in [-0.05, 0) is 35.9 Å². The molecule has 2 N–H and O–H groups in total. The second-order valence-corrected chi connectivity index (χ2v) is 6.02. The number of benzene rings is 2. The van der Waals surface area contributed by atoms with Crippen molar-refractivity contribution in [2.24, 2.45) is 0 Å². The summed E-state index contributed by atoms with van der Waals surface area (Å²) in [6.07, 6.45) is 0. The summed E-state index contributed by atoms with van der Waals surface area (Å²) in [5, 5.41) is 0.503. The molecule has 0 spiro atoms. The van der Waals surface area contributed by atoms with Gasteiger partial charge in [-0.3, -0.25) is 14.5 Å². The molecule has 0 unspecified atom stereocenters. The summed E-state index contributed by atoms with van der Waals surface area (Å²) in [6.45, 7) is 0.115. The molecule has 1 aliphatic heterocycles. The van der Waals surface area contributed by atoms with Gasteiger partial charge < -0.3 is 5.73 Å². The number of halogens is 2. The summed E-state index contributed by atoms with van der Waals surface area (Å²) in [4.78, 5) is 25.9.